The van der Waals surface area contributed by atoms with Gasteiger partial charge in [-0.1, -0.05) is 0 Å². The molecule has 1 fully saturated rings. The van der Waals surface area contributed by atoms with Crippen LogP contribution in [0.25, 0.3) is 5.65 Å². The summed E-state index contributed by atoms with van der Waals surface area (Å²) in [4.78, 5) is 19.0. The molecule has 2 N–H and O–H groups in total. The van der Waals surface area contributed by atoms with Gasteiger partial charge in [0.2, 0.25) is 5.91 Å². The van der Waals surface area contributed by atoms with Gasteiger partial charge in [-0.15, -0.1) is 0 Å². The van der Waals surface area contributed by atoms with Crippen LogP contribution in [-0.4, -0.2) is 38.8 Å². The lowest BCUT2D eigenvalue weighted by Crippen LogP contribution is -2.33. The number of anilines is 2. The Morgan fingerprint density at radius 1 is 1.33 bits per heavy atom. The van der Waals surface area contributed by atoms with Crippen molar-refractivity contribution in [2.45, 2.75) is 32.7 Å². The predicted molar refractivity (Wildman–Crippen MR) is 108 cm³/mol. The monoisotopic (exact) mass is 415 g/mol. The van der Waals surface area contributed by atoms with E-state index in [1.807, 2.05) is 4.90 Å². The highest BCUT2D eigenvalue weighted by atomic mass is 19.1. The molecule has 0 aliphatic carbocycles. The molecule has 0 saturated carbocycles. The van der Waals surface area contributed by atoms with E-state index in [0.717, 1.165) is 18.6 Å². The zero-order chi connectivity index (χ0) is 21.5. The molecule has 158 valence electrons. The summed E-state index contributed by atoms with van der Waals surface area (Å²) in [5.74, 6) is -0.689. The quantitative estimate of drug-likeness (QED) is 0.668. The van der Waals surface area contributed by atoms with Gasteiger partial charge in [0.1, 0.15) is 23.1 Å². The maximum absolute atomic E-state index is 14.4. The van der Waals surface area contributed by atoms with Crippen molar-refractivity contribution in [1.29, 1.82) is 0 Å². The van der Waals surface area contributed by atoms with Gasteiger partial charge in [-0.25, -0.2) is 18.3 Å². The standard InChI is InChI=1S/C21H23F2N5O2/c1-21(2,12-29)20(30)25-16-11-24-28-9-7-18(26-19(16)28)27-8-3-4-17(27)14-10-13(22)5-6-15(14)23/h5-7,9-11,17,29H,3-4,8,12H2,1-2H3,(H,25,30). The zero-order valence-electron chi connectivity index (χ0n) is 16.8. The third-order valence-corrected chi connectivity index (χ3v) is 5.48. The Labute approximate surface area is 172 Å². The molecule has 7 nitrogen and oxygen atoms in total. The minimum absolute atomic E-state index is 0.300. The number of aromatic nitrogens is 3. The van der Waals surface area contributed by atoms with Crippen LogP contribution in [0.1, 0.15) is 38.3 Å². The first-order valence-electron chi connectivity index (χ1n) is 9.78. The van der Waals surface area contributed by atoms with Gasteiger partial charge in [0, 0.05) is 18.3 Å². The second kappa shape index (κ2) is 7.64. The number of nitrogens with one attached hydrogen (secondary N) is 1. The summed E-state index contributed by atoms with van der Waals surface area (Å²) in [5.41, 5.74) is 0.192. The molecule has 30 heavy (non-hydrogen) atoms. The molecule has 0 radical (unpaired) electrons. The molecule has 9 heteroatoms. The number of rotatable bonds is 5. The van der Waals surface area contributed by atoms with E-state index in [2.05, 4.69) is 15.4 Å². The van der Waals surface area contributed by atoms with Crippen molar-refractivity contribution in [3.05, 3.63) is 53.9 Å². The Bertz CT molecular complexity index is 1100. The van der Waals surface area contributed by atoms with Crippen molar-refractivity contribution in [3.8, 4) is 0 Å². The van der Waals surface area contributed by atoms with E-state index in [4.69, 9.17) is 0 Å². The van der Waals surface area contributed by atoms with E-state index in [1.165, 1.54) is 16.8 Å². The number of amides is 1. The molecule has 1 aliphatic heterocycles. The first-order valence-corrected chi connectivity index (χ1v) is 9.78. The fraction of sp³-hybridized carbons (Fsp3) is 0.381. The molecule has 1 unspecified atom stereocenters. The van der Waals surface area contributed by atoms with Gasteiger partial charge in [-0.3, -0.25) is 4.79 Å². The number of carbonyl (C=O) groups excluding carboxylic acids is 1. The van der Waals surface area contributed by atoms with Crippen LogP contribution in [-0.2, 0) is 4.79 Å². The number of hydrogen-bond donors (Lipinski definition) is 2. The highest BCUT2D eigenvalue weighted by Gasteiger charge is 2.31. The lowest BCUT2D eigenvalue weighted by Gasteiger charge is -2.26. The summed E-state index contributed by atoms with van der Waals surface area (Å²) in [7, 11) is 0. The highest BCUT2D eigenvalue weighted by Crippen LogP contribution is 2.37. The van der Waals surface area contributed by atoms with Crippen molar-refractivity contribution in [3.63, 3.8) is 0 Å². The third kappa shape index (κ3) is 3.60. The average molecular weight is 415 g/mol. The molecular formula is C21H23F2N5O2. The van der Waals surface area contributed by atoms with Crippen LogP contribution in [0, 0.1) is 17.0 Å². The average Bonchev–Trinajstić information content (AvgIpc) is 3.36. The molecule has 1 amide bonds. The van der Waals surface area contributed by atoms with Crippen LogP contribution >= 0.6 is 0 Å². The van der Waals surface area contributed by atoms with Gasteiger partial charge in [0.25, 0.3) is 0 Å². The summed E-state index contributed by atoms with van der Waals surface area (Å²) in [6.45, 7) is 3.62. The fourth-order valence-electron chi connectivity index (χ4n) is 3.61. The fourth-order valence-corrected chi connectivity index (χ4v) is 3.61. The number of benzene rings is 1. The second-order valence-electron chi connectivity index (χ2n) is 8.13. The number of aliphatic hydroxyl groups excluding tert-OH is 1. The van der Waals surface area contributed by atoms with Gasteiger partial charge >= 0.3 is 0 Å². The van der Waals surface area contributed by atoms with Gasteiger partial charge in [0.15, 0.2) is 5.65 Å². The van der Waals surface area contributed by atoms with Crippen LogP contribution in [0.3, 0.4) is 0 Å². The third-order valence-electron chi connectivity index (χ3n) is 5.48. The SMILES string of the molecule is CC(C)(CO)C(=O)Nc1cnn2ccc(N3CCCC3c3cc(F)ccc3F)nc12. The number of halogens is 2. The topological polar surface area (TPSA) is 82.8 Å². The first kappa shape index (κ1) is 20.2. The van der Waals surface area contributed by atoms with Crippen LogP contribution in [0.5, 0.6) is 0 Å². The number of aliphatic hydroxyl groups is 1. The van der Waals surface area contributed by atoms with E-state index in [-0.39, 0.29) is 18.6 Å². The molecule has 1 aromatic carbocycles. The first-order chi connectivity index (χ1) is 14.3. The molecule has 2 aromatic heterocycles. The largest absolute Gasteiger partial charge is 0.395 e. The smallest absolute Gasteiger partial charge is 0.232 e. The Balaban J connectivity index is 1.68. The Morgan fingerprint density at radius 2 is 2.13 bits per heavy atom. The minimum Gasteiger partial charge on any atom is -0.395 e. The molecule has 1 saturated heterocycles. The molecular weight excluding hydrogens is 392 g/mol. The number of hydrogen-bond acceptors (Lipinski definition) is 5. The van der Waals surface area contributed by atoms with Gasteiger partial charge < -0.3 is 15.3 Å². The molecule has 0 spiro atoms. The minimum atomic E-state index is -0.958. The van der Waals surface area contributed by atoms with E-state index in [9.17, 15) is 18.7 Å². The maximum Gasteiger partial charge on any atom is 0.232 e. The molecule has 1 aliphatic rings. The molecule has 3 aromatic rings. The van der Waals surface area contributed by atoms with Crippen molar-refractivity contribution in [2.24, 2.45) is 5.41 Å². The van der Waals surface area contributed by atoms with Crippen molar-refractivity contribution < 1.29 is 18.7 Å². The van der Waals surface area contributed by atoms with Crippen molar-refractivity contribution in [1.82, 2.24) is 14.6 Å². The number of fused-ring (bicyclic) bond motifs is 1. The predicted octanol–water partition coefficient (Wildman–Crippen LogP) is 3.31. The van der Waals surface area contributed by atoms with Crippen molar-refractivity contribution in [2.75, 3.05) is 23.4 Å². The number of nitrogens with zero attached hydrogens (tertiary/aromatic N) is 4. The second-order valence-corrected chi connectivity index (χ2v) is 8.13. The van der Waals surface area contributed by atoms with Gasteiger partial charge in [0.05, 0.1) is 24.3 Å². The molecule has 3 heterocycles. The zero-order valence-corrected chi connectivity index (χ0v) is 16.8. The summed E-state index contributed by atoms with van der Waals surface area (Å²) < 4.78 is 29.6. The normalized spacial score (nSPS) is 17.0. The lowest BCUT2D eigenvalue weighted by molar-refractivity contribution is -0.125. The van der Waals surface area contributed by atoms with Gasteiger partial charge in [-0.2, -0.15) is 5.10 Å². The summed E-state index contributed by atoms with van der Waals surface area (Å²) in [6.07, 6.45) is 4.70. The van der Waals surface area contributed by atoms with Crippen LogP contribution < -0.4 is 10.2 Å². The van der Waals surface area contributed by atoms with E-state index in [1.54, 1.807) is 26.1 Å². The summed E-state index contributed by atoms with van der Waals surface area (Å²) in [6, 6.07) is 4.92. The van der Waals surface area contributed by atoms with E-state index < -0.39 is 17.0 Å². The van der Waals surface area contributed by atoms with Crippen LogP contribution in [0.15, 0.2) is 36.7 Å². The highest BCUT2D eigenvalue weighted by molar-refractivity contribution is 5.97. The van der Waals surface area contributed by atoms with Crippen molar-refractivity contribution >= 4 is 23.1 Å². The summed E-state index contributed by atoms with van der Waals surface area (Å²) >= 11 is 0. The Hall–Kier alpha value is -3.07. The molecule has 0 bridgehead atoms. The van der Waals surface area contributed by atoms with E-state index >= 15 is 0 Å². The summed E-state index contributed by atoms with van der Waals surface area (Å²) in [5, 5.41) is 16.4. The molecule has 1 atom stereocenters. The number of carbonyl (C=O) groups is 1. The lowest BCUT2D eigenvalue weighted by atomic mass is 9.94. The van der Waals surface area contributed by atoms with E-state index in [0.29, 0.717) is 35.7 Å². The Morgan fingerprint density at radius 3 is 2.90 bits per heavy atom. The maximum atomic E-state index is 14.4. The molecule has 4 rings (SSSR count). The van der Waals surface area contributed by atoms with Crippen LogP contribution in [0.2, 0.25) is 0 Å². The van der Waals surface area contributed by atoms with Crippen LogP contribution in [0.4, 0.5) is 20.3 Å². The Kier molecular flexibility index (Phi) is 5.15. The van der Waals surface area contributed by atoms with Gasteiger partial charge in [-0.05, 0) is 51.0 Å².